The molecule has 0 N–H and O–H groups in total. The fourth-order valence-corrected chi connectivity index (χ4v) is 5.51. The minimum absolute atomic E-state index is 0.367. The minimum Gasteiger partial charge on any atom is -0.266 e. The van der Waals surface area contributed by atoms with Crippen molar-refractivity contribution in [2.75, 3.05) is 15.3 Å². The molecule has 5 heteroatoms. The monoisotopic (exact) mass is 441 g/mol. The van der Waals surface area contributed by atoms with Crippen LogP contribution in [0.3, 0.4) is 0 Å². The Hall–Kier alpha value is -1.08. The molecular weight excluding hydrogens is 421 g/mol. The van der Waals surface area contributed by atoms with Crippen molar-refractivity contribution in [3.05, 3.63) is 59.7 Å². The zero-order valence-corrected chi connectivity index (χ0v) is 16.0. The molecular formula is C18H20INO2S. The number of fused-ring (bicyclic) bond motifs is 1. The molecule has 0 aliphatic carbocycles. The summed E-state index contributed by atoms with van der Waals surface area (Å²) in [7, 11) is -3.52. The number of anilines is 1. The lowest BCUT2D eigenvalue weighted by Crippen LogP contribution is -2.31. The molecule has 3 rings (SSSR count). The van der Waals surface area contributed by atoms with E-state index >= 15 is 0 Å². The van der Waals surface area contributed by atoms with Crippen molar-refractivity contribution in [3.63, 3.8) is 0 Å². The van der Waals surface area contributed by atoms with Gasteiger partial charge in [0.05, 0.1) is 10.6 Å². The molecule has 1 aliphatic heterocycles. The van der Waals surface area contributed by atoms with Crippen molar-refractivity contribution in [1.82, 2.24) is 0 Å². The first-order chi connectivity index (χ1) is 11.0. The van der Waals surface area contributed by atoms with Crippen LogP contribution in [0, 0.1) is 6.92 Å². The Bertz CT molecular complexity index is 787. The van der Waals surface area contributed by atoms with Gasteiger partial charge in [-0.05, 0) is 49.4 Å². The lowest BCUT2D eigenvalue weighted by atomic mass is 9.96. The highest BCUT2D eigenvalue weighted by Gasteiger charge is 2.30. The summed E-state index contributed by atoms with van der Waals surface area (Å²) in [5.41, 5.74) is 3.05. The summed E-state index contributed by atoms with van der Waals surface area (Å²) in [6, 6.07) is 15.0. The summed E-state index contributed by atoms with van der Waals surface area (Å²) in [6.45, 7) is 2.50. The molecule has 1 heterocycles. The summed E-state index contributed by atoms with van der Waals surface area (Å²) in [5.74, 6) is 0.421. The predicted molar refractivity (Wildman–Crippen MR) is 103 cm³/mol. The summed E-state index contributed by atoms with van der Waals surface area (Å²) >= 11 is 2.40. The van der Waals surface area contributed by atoms with Gasteiger partial charge in [0.25, 0.3) is 10.0 Å². The van der Waals surface area contributed by atoms with E-state index in [-0.39, 0.29) is 0 Å². The zero-order chi connectivity index (χ0) is 16.4. The van der Waals surface area contributed by atoms with E-state index in [1.54, 1.807) is 16.4 Å². The van der Waals surface area contributed by atoms with Gasteiger partial charge < -0.3 is 0 Å². The van der Waals surface area contributed by atoms with Gasteiger partial charge in [0.2, 0.25) is 0 Å². The van der Waals surface area contributed by atoms with Gasteiger partial charge in [-0.1, -0.05) is 58.5 Å². The van der Waals surface area contributed by atoms with E-state index in [0.29, 0.717) is 17.4 Å². The molecule has 0 fully saturated rings. The molecule has 0 aromatic heterocycles. The number of rotatable bonds is 3. The molecule has 23 heavy (non-hydrogen) atoms. The fourth-order valence-electron chi connectivity index (χ4n) is 3.06. The number of sulfonamides is 1. The standard InChI is InChI=1S/C18H20INO2S/c1-14-8-10-16(11-9-14)23(21,22)20-12-4-5-15(13-19)17-6-2-3-7-18(17)20/h2-3,6-11,15H,4-5,12-13H2,1H3/t15-/m1/s1. The normalized spacial score (nSPS) is 18.3. The van der Waals surface area contributed by atoms with Crippen LogP contribution in [0.1, 0.15) is 29.9 Å². The first kappa shape index (κ1) is 16.8. The lowest BCUT2D eigenvalue weighted by molar-refractivity contribution is 0.588. The van der Waals surface area contributed by atoms with Crippen LogP contribution in [0.25, 0.3) is 0 Å². The van der Waals surface area contributed by atoms with E-state index in [1.807, 2.05) is 37.3 Å². The third kappa shape index (κ3) is 3.26. The van der Waals surface area contributed by atoms with Crippen LogP contribution < -0.4 is 4.31 Å². The molecule has 0 bridgehead atoms. The molecule has 0 saturated carbocycles. The van der Waals surface area contributed by atoms with Gasteiger partial charge in [0, 0.05) is 11.0 Å². The third-order valence-corrected chi connectivity index (χ3v) is 7.24. The fraction of sp³-hybridized carbons (Fsp3) is 0.333. The first-order valence-corrected chi connectivity index (χ1v) is 10.7. The first-order valence-electron chi connectivity index (χ1n) is 7.78. The van der Waals surface area contributed by atoms with E-state index in [9.17, 15) is 8.42 Å². The molecule has 0 spiro atoms. The number of para-hydroxylation sites is 1. The van der Waals surface area contributed by atoms with Crippen LogP contribution in [0.15, 0.2) is 53.4 Å². The maximum absolute atomic E-state index is 13.1. The average Bonchev–Trinajstić information content (AvgIpc) is 2.75. The second-order valence-electron chi connectivity index (χ2n) is 5.94. The van der Waals surface area contributed by atoms with Crippen molar-refractivity contribution in [1.29, 1.82) is 0 Å². The summed E-state index contributed by atoms with van der Waals surface area (Å²) < 4.78 is 28.9. The smallest absolute Gasteiger partial charge is 0.264 e. The zero-order valence-electron chi connectivity index (χ0n) is 13.1. The van der Waals surface area contributed by atoms with Crippen LogP contribution in [-0.4, -0.2) is 19.4 Å². The van der Waals surface area contributed by atoms with Crippen LogP contribution in [0.5, 0.6) is 0 Å². The molecule has 2 aromatic carbocycles. The largest absolute Gasteiger partial charge is 0.266 e. The average molecular weight is 441 g/mol. The summed E-state index contributed by atoms with van der Waals surface area (Å²) in [6.07, 6.45) is 1.91. The summed E-state index contributed by atoms with van der Waals surface area (Å²) in [4.78, 5) is 0.367. The number of benzene rings is 2. The SMILES string of the molecule is Cc1ccc(S(=O)(=O)N2CCC[C@H](CI)c3ccccc32)cc1. The van der Waals surface area contributed by atoms with Crippen LogP contribution in [-0.2, 0) is 10.0 Å². The predicted octanol–water partition coefficient (Wildman–Crippen LogP) is 4.50. The van der Waals surface area contributed by atoms with Gasteiger partial charge in [0.1, 0.15) is 0 Å². The molecule has 122 valence electrons. The number of hydrogen-bond acceptors (Lipinski definition) is 2. The van der Waals surface area contributed by atoms with Gasteiger partial charge in [-0.2, -0.15) is 0 Å². The van der Waals surface area contributed by atoms with Crippen molar-refractivity contribution < 1.29 is 8.42 Å². The second-order valence-corrected chi connectivity index (χ2v) is 8.69. The van der Waals surface area contributed by atoms with Crippen LogP contribution in [0.2, 0.25) is 0 Å². The molecule has 3 nitrogen and oxygen atoms in total. The van der Waals surface area contributed by atoms with Gasteiger partial charge in [-0.15, -0.1) is 0 Å². The summed E-state index contributed by atoms with van der Waals surface area (Å²) in [5, 5.41) is 0. The Morgan fingerprint density at radius 1 is 1.13 bits per heavy atom. The highest BCUT2D eigenvalue weighted by Crippen LogP contribution is 2.37. The minimum atomic E-state index is -3.52. The maximum atomic E-state index is 13.1. The Balaban J connectivity index is 2.09. The molecule has 1 aliphatic rings. The molecule has 0 saturated heterocycles. The van der Waals surface area contributed by atoms with Gasteiger partial charge in [0.15, 0.2) is 0 Å². The van der Waals surface area contributed by atoms with Crippen molar-refractivity contribution in [2.45, 2.75) is 30.6 Å². The number of hydrogen-bond donors (Lipinski definition) is 0. The number of alkyl halides is 1. The molecule has 2 aromatic rings. The van der Waals surface area contributed by atoms with E-state index in [4.69, 9.17) is 0 Å². The Labute approximate surface area is 151 Å². The number of nitrogens with zero attached hydrogens (tertiary/aromatic N) is 1. The van der Waals surface area contributed by atoms with Crippen molar-refractivity contribution in [2.24, 2.45) is 0 Å². The van der Waals surface area contributed by atoms with E-state index in [1.165, 1.54) is 0 Å². The lowest BCUT2D eigenvalue weighted by Gasteiger charge is -2.25. The Morgan fingerprint density at radius 3 is 2.52 bits per heavy atom. The highest BCUT2D eigenvalue weighted by atomic mass is 127. The molecule has 0 unspecified atom stereocenters. The topological polar surface area (TPSA) is 37.4 Å². The van der Waals surface area contributed by atoms with Crippen molar-refractivity contribution in [3.8, 4) is 0 Å². The van der Waals surface area contributed by atoms with Gasteiger partial charge in [-0.3, -0.25) is 4.31 Å². The quantitative estimate of drug-likeness (QED) is 0.520. The van der Waals surface area contributed by atoms with Gasteiger partial charge in [-0.25, -0.2) is 8.42 Å². The Kier molecular flexibility index (Phi) is 4.96. The highest BCUT2D eigenvalue weighted by molar-refractivity contribution is 14.1. The Morgan fingerprint density at radius 2 is 1.83 bits per heavy atom. The third-order valence-electron chi connectivity index (χ3n) is 4.35. The van der Waals surface area contributed by atoms with Crippen molar-refractivity contribution >= 4 is 38.3 Å². The van der Waals surface area contributed by atoms with Crippen LogP contribution >= 0.6 is 22.6 Å². The second kappa shape index (κ2) is 6.81. The molecule has 0 amide bonds. The van der Waals surface area contributed by atoms with Gasteiger partial charge >= 0.3 is 0 Å². The number of aryl methyl sites for hydroxylation is 1. The molecule has 0 radical (unpaired) electrons. The van der Waals surface area contributed by atoms with E-state index in [0.717, 1.165) is 34.1 Å². The maximum Gasteiger partial charge on any atom is 0.264 e. The van der Waals surface area contributed by atoms with Crippen LogP contribution in [0.4, 0.5) is 5.69 Å². The molecule has 1 atom stereocenters. The van der Waals surface area contributed by atoms with E-state index in [2.05, 4.69) is 28.7 Å². The number of halogens is 1. The van der Waals surface area contributed by atoms with E-state index < -0.39 is 10.0 Å².